The first-order valence-electron chi connectivity index (χ1n) is 18.7. The average Bonchev–Trinajstić information content (AvgIpc) is 3.45. The maximum Gasteiger partial charge on any atom is 0.185 e. The molecule has 0 atom stereocenters. The van der Waals surface area contributed by atoms with E-state index in [0.717, 1.165) is 74.4 Å². The SMILES string of the molecule is N=C(N)CCCc1ccc(-c2ccc3c4ccc(-c5ccc(CCN=C(N)N)c(CCN=C(N)N)c5)cc4n(CCCN=C(N)N)c3c2)cc1CCN=C(N)N. The van der Waals surface area contributed by atoms with E-state index < -0.39 is 0 Å². The van der Waals surface area contributed by atoms with Crippen molar-refractivity contribution in [2.45, 2.75) is 51.5 Å². The number of nitrogens with zero attached hydrogens (tertiary/aromatic N) is 5. The van der Waals surface area contributed by atoms with Gasteiger partial charge in [0.1, 0.15) is 0 Å². The number of nitrogens with two attached hydrogens (primary N) is 9. The summed E-state index contributed by atoms with van der Waals surface area (Å²) < 4.78 is 2.36. The number of hydrogen-bond donors (Lipinski definition) is 10. The molecule has 0 unspecified atom stereocenters. The van der Waals surface area contributed by atoms with Gasteiger partial charge in [0.2, 0.25) is 0 Å². The molecule has 1 heterocycles. The first kappa shape index (κ1) is 40.4. The molecule has 0 radical (unpaired) electrons. The lowest BCUT2D eigenvalue weighted by atomic mass is 9.94. The van der Waals surface area contributed by atoms with Crippen LogP contribution in [0.25, 0.3) is 44.1 Å². The van der Waals surface area contributed by atoms with E-state index in [0.29, 0.717) is 58.4 Å². The van der Waals surface area contributed by atoms with Crippen molar-refractivity contribution in [2.75, 3.05) is 26.2 Å². The zero-order valence-corrected chi connectivity index (χ0v) is 31.8. The lowest BCUT2D eigenvalue weighted by molar-refractivity contribution is 0.687. The summed E-state index contributed by atoms with van der Waals surface area (Å²) in [5.74, 6) is 0.467. The molecule has 15 heteroatoms. The molecule has 0 fully saturated rings. The van der Waals surface area contributed by atoms with Crippen LogP contribution >= 0.6 is 0 Å². The Morgan fingerprint density at radius 2 is 0.839 bits per heavy atom. The van der Waals surface area contributed by atoms with Gasteiger partial charge in [-0.15, -0.1) is 0 Å². The Hall–Kier alpha value is -6.77. The van der Waals surface area contributed by atoms with E-state index in [2.05, 4.69) is 97.3 Å². The fourth-order valence-corrected chi connectivity index (χ4v) is 7.08. The van der Waals surface area contributed by atoms with Crippen molar-refractivity contribution >= 4 is 51.5 Å². The Kier molecular flexibility index (Phi) is 13.7. The van der Waals surface area contributed by atoms with E-state index in [1.54, 1.807) is 0 Å². The molecule has 0 amide bonds. The van der Waals surface area contributed by atoms with Crippen LogP contribution in [0.3, 0.4) is 0 Å². The summed E-state index contributed by atoms with van der Waals surface area (Å²) in [6.45, 7) is 2.64. The van der Waals surface area contributed by atoms with Crippen LogP contribution in [0.15, 0.2) is 92.8 Å². The molecule has 5 rings (SSSR count). The molecule has 0 saturated heterocycles. The Labute approximate surface area is 327 Å². The normalized spacial score (nSPS) is 11.0. The van der Waals surface area contributed by atoms with Crippen molar-refractivity contribution < 1.29 is 0 Å². The highest BCUT2D eigenvalue weighted by atomic mass is 15.0. The summed E-state index contributed by atoms with van der Waals surface area (Å²) in [7, 11) is 0. The minimum Gasteiger partial charge on any atom is -0.388 e. The fourth-order valence-electron chi connectivity index (χ4n) is 7.08. The topological polar surface area (TPSA) is 312 Å². The van der Waals surface area contributed by atoms with Crippen molar-refractivity contribution in [3.8, 4) is 22.3 Å². The van der Waals surface area contributed by atoms with E-state index >= 15 is 0 Å². The number of guanidine groups is 4. The molecule has 0 saturated carbocycles. The van der Waals surface area contributed by atoms with Crippen molar-refractivity contribution in [2.24, 2.45) is 71.6 Å². The molecule has 4 aromatic carbocycles. The Morgan fingerprint density at radius 3 is 1.29 bits per heavy atom. The van der Waals surface area contributed by atoms with Crippen molar-refractivity contribution in [1.82, 2.24) is 4.57 Å². The van der Waals surface area contributed by atoms with Crippen LogP contribution in [0.1, 0.15) is 41.5 Å². The maximum absolute atomic E-state index is 7.64. The number of nitrogens with one attached hydrogen (secondary N) is 1. The molecule has 0 aliphatic rings. The van der Waals surface area contributed by atoms with Crippen LogP contribution in [0.4, 0.5) is 0 Å². The number of hydrogen-bond acceptors (Lipinski definition) is 5. The lowest BCUT2D eigenvalue weighted by Gasteiger charge is -2.13. The van der Waals surface area contributed by atoms with Gasteiger partial charge in [0.05, 0.1) is 5.84 Å². The van der Waals surface area contributed by atoms with Crippen LogP contribution in [0.2, 0.25) is 0 Å². The minimum atomic E-state index is 0.0611. The highest BCUT2D eigenvalue weighted by Crippen LogP contribution is 2.36. The number of aromatic nitrogens is 1. The summed E-state index contributed by atoms with van der Waals surface area (Å²) in [4.78, 5) is 16.9. The van der Waals surface area contributed by atoms with Gasteiger partial charge in [-0.2, -0.15) is 0 Å². The van der Waals surface area contributed by atoms with E-state index in [4.69, 9.17) is 57.0 Å². The molecule has 19 N–H and O–H groups in total. The lowest BCUT2D eigenvalue weighted by Crippen LogP contribution is -2.23. The van der Waals surface area contributed by atoms with Crippen LogP contribution in [0, 0.1) is 5.41 Å². The van der Waals surface area contributed by atoms with Gasteiger partial charge >= 0.3 is 0 Å². The molecule has 0 bridgehead atoms. The van der Waals surface area contributed by atoms with Gasteiger partial charge in [-0.05, 0) is 95.2 Å². The van der Waals surface area contributed by atoms with E-state index in [-0.39, 0.29) is 29.7 Å². The van der Waals surface area contributed by atoms with Crippen molar-refractivity contribution in [3.05, 3.63) is 95.1 Å². The number of benzene rings is 4. The van der Waals surface area contributed by atoms with E-state index in [1.807, 2.05) is 0 Å². The quantitative estimate of drug-likeness (QED) is 0.0336. The summed E-state index contributed by atoms with van der Waals surface area (Å²) in [5, 5.41) is 9.94. The summed E-state index contributed by atoms with van der Waals surface area (Å²) >= 11 is 0. The van der Waals surface area contributed by atoms with Crippen molar-refractivity contribution in [1.29, 1.82) is 5.41 Å². The van der Waals surface area contributed by atoms with Gasteiger partial charge in [0, 0.05) is 61.0 Å². The molecule has 15 nitrogen and oxygen atoms in total. The predicted molar refractivity (Wildman–Crippen MR) is 234 cm³/mol. The van der Waals surface area contributed by atoms with Crippen LogP contribution in [0.5, 0.6) is 0 Å². The largest absolute Gasteiger partial charge is 0.388 e. The maximum atomic E-state index is 7.64. The molecule has 0 spiro atoms. The Balaban J connectivity index is 1.58. The third kappa shape index (κ3) is 10.9. The number of fused-ring (bicyclic) bond motifs is 3. The zero-order valence-electron chi connectivity index (χ0n) is 31.8. The number of aliphatic imine (C=N–C) groups is 4. The average molecular weight is 758 g/mol. The zero-order chi connectivity index (χ0) is 40.2. The molecule has 1 aromatic heterocycles. The first-order chi connectivity index (χ1) is 26.9. The number of aryl methyl sites for hydroxylation is 2. The number of rotatable bonds is 19. The van der Waals surface area contributed by atoms with Crippen LogP contribution in [-0.2, 0) is 32.2 Å². The number of amidine groups is 1. The summed E-state index contributed by atoms with van der Waals surface area (Å²) in [5.41, 5.74) is 61.9. The summed E-state index contributed by atoms with van der Waals surface area (Å²) in [6, 6.07) is 26.3. The van der Waals surface area contributed by atoms with Crippen molar-refractivity contribution in [3.63, 3.8) is 0 Å². The third-order valence-electron chi connectivity index (χ3n) is 9.70. The molecular weight excluding hydrogens is 703 g/mol. The third-order valence-corrected chi connectivity index (χ3v) is 9.70. The Bertz CT molecular complexity index is 2280. The Morgan fingerprint density at radius 1 is 0.446 bits per heavy atom. The van der Waals surface area contributed by atoms with Gasteiger partial charge in [0.25, 0.3) is 0 Å². The molecule has 0 aliphatic heterocycles. The second kappa shape index (κ2) is 19.0. The molecular formula is C41H55N15. The van der Waals surface area contributed by atoms with E-state index in [9.17, 15) is 0 Å². The predicted octanol–water partition coefficient (Wildman–Crippen LogP) is 2.50. The molecule has 294 valence electrons. The molecule has 5 aromatic rings. The second-order valence-electron chi connectivity index (χ2n) is 13.8. The monoisotopic (exact) mass is 757 g/mol. The highest BCUT2D eigenvalue weighted by Gasteiger charge is 2.15. The smallest absolute Gasteiger partial charge is 0.185 e. The van der Waals surface area contributed by atoms with Crippen LogP contribution < -0.4 is 51.6 Å². The molecule has 56 heavy (non-hydrogen) atoms. The fraction of sp³-hybridized carbons (Fsp3) is 0.293. The van der Waals surface area contributed by atoms with Gasteiger partial charge in [0.15, 0.2) is 23.8 Å². The van der Waals surface area contributed by atoms with Gasteiger partial charge < -0.3 is 56.2 Å². The van der Waals surface area contributed by atoms with Crippen LogP contribution in [-0.4, -0.2) is 60.4 Å². The summed E-state index contributed by atoms with van der Waals surface area (Å²) in [6.07, 6.45) is 4.92. The van der Waals surface area contributed by atoms with E-state index in [1.165, 1.54) is 11.1 Å². The standard InChI is InChI=1S/C41H55N15/c42-37(43)4-1-3-25-5-7-27(21-31(25)14-18-54-40(48)49)29-9-11-33-34-12-10-30(24-36(34)56(35(33)23-29)20-2-16-52-38(44)45)28-8-6-26(13-17-53-39(46)47)32(22-28)15-19-55-41(50)51/h5-12,21-24H,1-4,13-20H2,(H3,42,43)(H4,44,45,52)(H4,46,47,53)(H4,48,49,54)(H4,50,51,55). The van der Waals surface area contributed by atoms with Gasteiger partial charge in [-0.3, -0.25) is 25.4 Å². The first-order valence-corrected chi connectivity index (χ1v) is 18.7. The minimum absolute atomic E-state index is 0.0611. The van der Waals surface area contributed by atoms with Gasteiger partial charge in [-0.1, -0.05) is 60.7 Å². The highest BCUT2D eigenvalue weighted by molar-refractivity contribution is 6.10. The molecule has 0 aliphatic carbocycles. The van der Waals surface area contributed by atoms with Gasteiger partial charge in [-0.25, -0.2) is 0 Å². The second-order valence-corrected chi connectivity index (χ2v) is 13.8.